The molecule has 1 aliphatic rings. The summed E-state index contributed by atoms with van der Waals surface area (Å²) in [6, 6.07) is 1.53. The topological polar surface area (TPSA) is 33.2 Å². The second kappa shape index (κ2) is 4.44. The van der Waals surface area contributed by atoms with E-state index in [0.717, 1.165) is 0 Å². The fourth-order valence-electron chi connectivity index (χ4n) is 1.72. The van der Waals surface area contributed by atoms with Crippen molar-refractivity contribution >= 4 is 34.8 Å². The maximum absolute atomic E-state index is 11.7. The zero-order chi connectivity index (χ0) is 11.7. The molecule has 0 N–H and O–H groups in total. The Balaban J connectivity index is 2.31. The van der Waals surface area contributed by atoms with Crippen LogP contribution >= 0.6 is 23.2 Å². The van der Waals surface area contributed by atoms with Crippen LogP contribution in [0.2, 0.25) is 10.2 Å². The first kappa shape index (κ1) is 11.4. The van der Waals surface area contributed by atoms with E-state index in [-0.39, 0.29) is 11.8 Å². The highest BCUT2D eigenvalue weighted by molar-refractivity contribution is 6.36. The van der Waals surface area contributed by atoms with Gasteiger partial charge in [0.05, 0.1) is 16.9 Å². The normalized spacial score (nSPS) is 20.2. The molecule has 1 amide bonds. The van der Waals surface area contributed by atoms with E-state index in [1.54, 1.807) is 11.0 Å². The highest BCUT2D eigenvalue weighted by atomic mass is 35.5. The molecule has 1 unspecified atom stereocenters. The van der Waals surface area contributed by atoms with Crippen LogP contribution in [0.15, 0.2) is 24.9 Å². The van der Waals surface area contributed by atoms with E-state index < -0.39 is 0 Å². The molecule has 0 saturated carbocycles. The monoisotopic (exact) mass is 256 g/mol. The van der Waals surface area contributed by atoms with Gasteiger partial charge >= 0.3 is 0 Å². The second-order valence-corrected chi connectivity index (χ2v) is 4.46. The Kier molecular flexibility index (Phi) is 3.17. The number of hydrogen-bond donors (Lipinski definition) is 0. The average molecular weight is 257 g/mol. The molecule has 1 saturated heterocycles. The van der Waals surface area contributed by atoms with Gasteiger partial charge in [-0.15, -0.1) is 6.58 Å². The number of halogens is 2. The Morgan fingerprint density at radius 3 is 2.88 bits per heavy atom. The minimum absolute atomic E-state index is 0.0379. The fraction of sp³-hybridized carbons (Fsp3) is 0.273. The number of nitrogens with zero attached hydrogens (tertiary/aromatic N) is 2. The summed E-state index contributed by atoms with van der Waals surface area (Å²) in [7, 11) is 0. The summed E-state index contributed by atoms with van der Waals surface area (Å²) in [5.74, 6) is 0.218. The number of anilines is 1. The summed E-state index contributed by atoms with van der Waals surface area (Å²) in [5, 5.41) is 0.763. The van der Waals surface area contributed by atoms with Gasteiger partial charge in [0, 0.05) is 18.9 Å². The molecule has 0 radical (unpaired) electrons. The van der Waals surface area contributed by atoms with Crippen LogP contribution < -0.4 is 4.90 Å². The predicted molar refractivity (Wildman–Crippen MR) is 64.9 cm³/mol. The van der Waals surface area contributed by atoms with Crippen LogP contribution in [0.25, 0.3) is 0 Å². The number of carbonyl (C=O) groups excluding carboxylic acids is 1. The van der Waals surface area contributed by atoms with Gasteiger partial charge < -0.3 is 4.90 Å². The SMILES string of the molecule is C=CC1CC(=O)N(c2cnc(Cl)cc2Cl)C1. The number of carbonyl (C=O) groups is 1. The molecule has 2 rings (SSSR count). The highest BCUT2D eigenvalue weighted by Gasteiger charge is 2.30. The highest BCUT2D eigenvalue weighted by Crippen LogP contribution is 2.31. The maximum Gasteiger partial charge on any atom is 0.227 e. The number of hydrogen-bond acceptors (Lipinski definition) is 2. The van der Waals surface area contributed by atoms with Crippen LogP contribution in [0, 0.1) is 5.92 Å². The summed E-state index contributed by atoms with van der Waals surface area (Å²) < 4.78 is 0. The minimum atomic E-state index is 0.0379. The largest absolute Gasteiger partial charge is 0.309 e. The van der Waals surface area contributed by atoms with Crippen molar-refractivity contribution in [3.63, 3.8) is 0 Å². The van der Waals surface area contributed by atoms with E-state index in [9.17, 15) is 4.79 Å². The summed E-state index contributed by atoms with van der Waals surface area (Å²) >= 11 is 11.7. The van der Waals surface area contributed by atoms with Gasteiger partial charge in [-0.1, -0.05) is 29.3 Å². The van der Waals surface area contributed by atoms with Crippen LogP contribution in [0.1, 0.15) is 6.42 Å². The molecule has 0 spiro atoms. The fourth-order valence-corrected chi connectivity index (χ4v) is 2.19. The molecule has 0 aliphatic carbocycles. The molecule has 2 heterocycles. The van der Waals surface area contributed by atoms with Gasteiger partial charge in [0.2, 0.25) is 5.91 Å². The van der Waals surface area contributed by atoms with E-state index in [1.165, 1.54) is 12.3 Å². The Hall–Kier alpha value is -1.06. The Bertz CT molecular complexity index is 448. The average Bonchev–Trinajstić information content (AvgIpc) is 2.60. The Morgan fingerprint density at radius 2 is 2.31 bits per heavy atom. The quantitative estimate of drug-likeness (QED) is 0.602. The Labute approximate surface area is 104 Å². The first-order chi connectivity index (χ1) is 7.61. The summed E-state index contributed by atoms with van der Waals surface area (Å²) in [6.07, 6.45) is 3.78. The lowest BCUT2D eigenvalue weighted by Gasteiger charge is -2.17. The number of aromatic nitrogens is 1. The van der Waals surface area contributed by atoms with Gasteiger partial charge in [-0.25, -0.2) is 4.98 Å². The zero-order valence-electron chi connectivity index (χ0n) is 8.49. The first-order valence-corrected chi connectivity index (χ1v) is 5.61. The molecule has 0 bridgehead atoms. The standard InChI is InChI=1S/C11H10Cl2N2O/c1-2-7-3-11(16)15(6-7)9-5-14-10(13)4-8(9)12/h2,4-5,7H,1,3,6H2. The van der Waals surface area contributed by atoms with E-state index in [4.69, 9.17) is 23.2 Å². The van der Waals surface area contributed by atoms with Crippen LogP contribution in [-0.4, -0.2) is 17.4 Å². The van der Waals surface area contributed by atoms with Crippen molar-refractivity contribution in [2.45, 2.75) is 6.42 Å². The molecule has 1 aromatic heterocycles. The third kappa shape index (κ3) is 2.06. The molecule has 1 aromatic rings. The first-order valence-electron chi connectivity index (χ1n) is 4.85. The molecule has 3 nitrogen and oxygen atoms in total. The van der Waals surface area contributed by atoms with E-state index >= 15 is 0 Å². The van der Waals surface area contributed by atoms with Crippen molar-refractivity contribution in [2.24, 2.45) is 5.92 Å². The van der Waals surface area contributed by atoms with Gasteiger partial charge in [-0.3, -0.25) is 4.79 Å². The van der Waals surface area contributed by atoms with Crippen LogP contribution in [0.5, 0.6) is 0 Å². The third-order valence-corrected chi connectivity index (χ3v) is 3.09. The number of amides is 1. The zero-order valence-corrected chi connectivity index (χ0v) is 10.0. The van der Waals surface area contributed by atoms with Crippen molar-refractivity contribution in [3.8, 4) is 0 Å². The Morgan fingerprint density at radius 1 is 1.56 bits per heavy atom. The number of pyridine rings is 1. The summed E-state index contributed by atoms with van der Waals surface area (Å²) in [6.45, 7) is 4.30. The van der Waals surface area contributed by atoms with Crippen LogP contribution in [0.3, 0.4) is 0 Å². The van der Waals surface area contributed by atoms with Crippen LogP contribution in [0.4, 0.5) is 5.69 Å². The second-order valence-electron chi connectivity index (χ2n) is 3.66. The van der Waals surface area contributed by atoms with Crippen molar-refractivity contribution in [3.05, 3.63) is 35.1 Å². The van der Waals surface area contributed by atoms with Gasteiger partial charge in [0.15, 0.2) is 0 Å². The van der Waals surface area contributed by atoms with Gasteiger partial charge in [0.1, 0.15) is 5.15 Å². The maximum atomic E-state index is 11.7. The molecular formula is C11H10Cl2N2O. The molecule has 1 aliphatic heterocycles. The molecule has 5 heteroatoms. The van der Waals surface area contributed by atoms with Crippen molar-refractivity contribution in [1.29, 1.82) is 0 Å². The molecule has 84 valence electrons. The van der Waals surface area contributed by atoms with Crippen molar-refractivity contribution in [2.75, 3.05) is 11.4 Å². The third-order valence-electron chi connectivity index (χ3n) is 2.58. The lowest BCUT2D eigenvalue weighted by molar-refractivity contribution is -0.117. The molecule has 1 atom stereocenters. The van der Waals surface area contributed by atoms with Gasteiger partial charge in [-0.2, -0.15) is 0 Å². The smallest absolute Gasteiger partial charge is 0.227 e. The van der Waals surface area contributed by atoms with E-state index in [2.05, 4.69) is 11.6 Å². The molecule has 0 aromatic carbocycles. The van der Waals surface area contributed by atoms with Gasteiger partial charge in [-0.05, 0) is 6.07 Å². The summed E-state index contributed by atoms with van der Waals surface area (Å²) in [5.41, 5.74) is 0.611. The van der Waals surface area contributed by atoms with E-state index in [1.807, 2.05) is 0 Å². The van der Waals surface area contributed by atoms with E-state index in [0.29, 0.717) is 28.8 Å². The molecule has 16 heavy (non-hydrogen) atoms. The predicted octanol–water partition coefficient (Wildman–Crippen LogP) is 2.93. The molecular weight excluding hydrogens is 247 g/mol. The van der Waals surface area contributed by atoms with Crippen molar-refractivity contribution in [1.82, 2.24) is 4.98 Å². The van der Waals surface area contributed by atoms with Crippen molar-refractivity contribution < 1.29 is 4.79 Å². The summed E-state index contributed by atoms with van der Waals surface area (Å²) in [4.78, 5) is 17.3. The minimum Gasteiger partial charge on any atom is -0.309 e. The lowest BCUT2D eigenvalue weighted by Crippen LogP contribution is -2.24. The lowest BCUT2D eigenvalue weighted by atomic mass is 10.1. The van der Waals surface area contributed by atoms with Gasteiger partial charge in [0.25, 0.3) is 0 Å². The van der Waals surface area contributed by atoms with Crippen LogP contribution in [-0.2, 0) is 4.79 Å². The molecule has 1 fully saturated rings. The number of rotatable bonds is 2.